The molecule has 0 spiro atoms. The summed E-state index contributed by atoms with van der Waals surface area (Å²) in [7, 11) is 0. The summed E-state index contributed by atoms with van der Waals surface area (Å²) in [5, 5.41) is 0. The SMILES string of the molecule is C=CCc1ccccc1OC(OCC)(Oc1ccccc1CC=C)C(C)C. The molecule has 0 aliphatic heterocycles. The van der Waals surface area contributed by atoms with Crippen LogP contribution >= 0.6 is 0 Å². The van der Waals surface area contributed by atoms with Gasteiger partial charge in [-0.1, -0.05) is 62.4 Å². The van der Waals surface area contributed by atoms with Gasteiger partial charge in [-0.15, -0.1) is 13.2 Å². The predicted molar refractivity (Wildman–Crippen MR) is 111 cm³/mol. The van der Waals surface area contributed by atoms with E-state index in [0.717, 1.165) is 22.6 Å². The number of allylic oxidation sites excluding steroid dienone is 2. The van der Waals surface area contributed by atoms with Gasteiger partial charge >= 0.3 is 5.97 Å². The second-order valence-corrected chi connectivity index (χ2v) is 6.60. The van der Waals surface area contributed by atoms with Crippen LogP contribution in [0.15, 0.2) is 73.8 Å². The maximum Gasteiger partial charge on any atom is 0.374 e. The molecular formula is C24H30O3. The maximum atomic E-state index is 6.41. The molecule has 0 unspecified atom stereocenters. The van der Waals surface area contributed by atoms with Crippen molar-refractivity contribution < 1.29 is 14.2 Å². The number of ether oxygens (including phenoxy) is 3. The first-order valence-electron chi connectivity index (χ1n) is 9.45. The van der Waals surface area contributed by atoms with Crippen molar-refractivity contribution in [3.05, 3.63) is 85.0 Å². The quantitative estimate of drug-likeness (QED) is 0.363. The molecule has 27 heavy (non-hydrogen) atoms. The molecule has 2 aromatic rings. The Morgan fingerprint density at radius 2 is 1.30 bits per heavy atom. The van der Waals surface area contributed by atoms with Gasteiger partial charge in [-0.3, -0.25) is 0 Å². The lowest BCUT2D eigenvalue weighted by Gasteiger charge is -2.37. The van der Waals surface area contributed by atoms with Crippen LogP contribution in [0.3, 0.4) is 0 Å². The van der Waals surface area contributed by atoms with Gasteiger partial charge in [0.05, 0.1) is 12.5 Å². The average Bonchev–Trinajstić information content (AvgIpc) is 2.65. The molecule has 0 N–H and O–H groups in total. The molecule has 2 rings (SSSR count). The summed E-state index contributed by atoms with van der Waals surface area (Å²) in [6, 6.07) is 15.8. The van der Waals surface area contributed by atoms with E-state index < -0.39 is 5.97 Å². The predicted octanol–water partition coefficient (Wildman–Crippen LogP) is 5.95. The monoisotopic (exact) mass is 366 g/mol. The second-order valence-electron chi connectivity index (χ2n) is 6.60. The van der Waals surface area contributed by atoms with Crippen LogP contribution in [-0.4, -0.2) is 12.6 Å². The zero-order valence-electron chi connectivity index (χ0n) is 16.6. The summed E-state index contributed by atoms with van der Waals surface area (Å²) < 4.78 is 18.9. The highest BCUT2D eigenvalue weighted by molar-refractivity contribution is 5.37. The molecule has 0 saturated carbocycles. The van der Waals surface area contributed by atoms with Crippen LogP contribution in [0.4, 0.5) is 0 Å². The Morgan fingerprint density at radius 3 is 1.67 bits per heavy atom. The summed E-state index contributed by atoms with van der Waals surface area (Å²) >= 11 is 0. The summed E-state index contributed by atoms with van der Waals surface area (Å²) in [5.74, 6) is 0.191. The molecular weight excluding hydrogens is 336 g/mol. The normalized spacial score (nSPS) is 11.3. The van der Waals surface area contributed by atoms with Gasteiger partial charge in [0.15, 0.2) is 0 Å². The van der Waals surface area contributed by atoms with Gasteiger partial charge in [0.2, 0.25) is 0 Å². The molecule has 0 heterocycles. The van der Waals surface area contributed by atoms with Gasteiger partial charge in [0, 0.05) is 0 Å². The van der Waals surface area contributed by atoms with Gasteiger partial charge in [-0.05, 0) is 43.0 Å². The molecule has 0 fully saturated rings. The fourth-order valence-corrected chi connectivity index (χ4v) is 2.84. The first-order valence-corrected chi connectivity index (χ1v) is 9.45. The van der Waals surface area contributed by atoms with E-state index in [9.17, 15) is 0 Å². The molecule has 2 aromatic carbocycles. The van der Waals surface area contributed by atoms with E-state index in [2.05, 4.69) is 13.2 Å². The summed E-state index contributed by atoms with van der Waals surface area (Å²) in [6.45, 7) is 14.1. The maximum absolute atomic E-state index is 6.41. The molecule has 0 aliphatic carbocycles. The Balaban J connectivity index is 2.44. The molecule has 0 aromatic heterocycles. The number of rotatable bonds is 11. The van der Waals surface area contributed by atoms with Crippen LogP contribution in [0.5, 0.6) is 11.5 Å². The van der Waals surface area contributed by atoms with Crippen molar-refractivity contribution in [1.82, 2.24) is 0 Å². The van der Waals surface area contributed by atoms with E-state index in [1.165, 1.54) is 0 Å². The third-order valence-electron chi connectivity index (χ3n) is 4.23. The highest BCUT2D eigenvalue weighted by Gasteiger charge is 2.41. The second kappa shape index (κ2) is 9.98. The third kappa shape index (κ3) is 5.24. The van der Waals surface area contributed by atoms with Crippen molar-refractivity contribution in [3.63, 3.8) is 0 Å². The fraction of sp³-hybridized carbons (Fsp3) is 0.333. The van der Waals surface area contributed by atoms with Gasteiger partial charge in [-0.2, -0.15) is 0 Å². The molecule has 0 saturated heterocycles. The van der Waals surface area contributed by atoms with Crippen LogP contribution in [-0.2, 0) is 17.6 Å². The highest BCUT2D eigenvalue weighted by Crippen LogP contribution is 2.34. The summed E-state index contributed by atoms with van der Waals surface area (Å²) in [6.07, 6.45) is 5.15. The van der Waals surface area contributed by atoms with Crippen LogP contribution < -0.4 is 9.47 Å². The zero-order chi connectivity index (χ0) is 19.7. The molecule has 0 radical (unpaired) electrons. The van der Waals surface area contributed by atoms with Gasteiger partial charge in [-0.25, -0.2) is 0 Å². The van der Waals surface area contributed by atoms with Crippen molar-refractivity contribution in [2.45, 2.75) is 39.6 Å². The Bertz CT molecular complexity index is 693. The fourth-order valence-electron chi connectivity index (χ4n) is 2.84. The standard InChI is InChI=1S/C24H30O3/c1-6-13-20-15-9-11-17-22(20)26-24(19(4)5,25-8-3)27-23-18-12-10-16-21(23)14-7-2/h6-7,9-12,15-19H,1-2,8,13-14H2,3-5H3. The lowest BCUT2D eigenvalue weighted by atomic mass is 10.1. The summed E-state index contributed by atoms with van der Waals surface area (Å²) in [4.78, 5) is 0. The lowest BCUT2D eigenvalue weighted by molar-refractivity contribution is -0.324. The highest BCUT2D eigenvalue weighted by atomic mass is 16.9. The van der Waals surface area contributed by atoms with Crippen molar-refractivity contribution in [2.75, 3.05) is 6.61 Å². The van der Waals surface area contributed by atoms with Crippen molar-refractivity contribution in [2.24, 2.45) is 5.92 Å². The van der Waals surface area contributed by atoms with Crippen molar-refractivity contribution >= 4 is 0 Å². The molecule has 0 atom stereocenters. The minimum Gasteiger partial charge on any atom is -0.429 e. The van der Waals surface area contributed by atoms with E-state index >= 15 is 0 Å². The number of benzene rings is 2. The van der Waals surface area contributed by atoms with Crippen LogP contribution in [0.1, 0.15) is 31.9 Å². The molecule has 0 bridgehead atoms. The topological polar surface area (TPSA) is 27.7 Å². The van der Waals surface area contributed by atoms with E-state index in [-0.39, 0.29) is 5.92 Å². The minimum atomic E-state index is -1.23. The molecule has 0 amide bonds. The molecule has 3 nitrogen and oxygen atoms in total. The Morgan fingerprint density at radius 1 is 0.852 bits per heavy atom. The largest absolute Gasteiger partial charge is 0.429 e. The lowest BCUT2D eigenvalue weighted by Crippen LogP contribution is -2.50. The van der Waals surface area contributed by atoms with Crippen LogP contribution in [0.2, 0.25) is 0 Å². The first-order chi connectivity index (χ1) is 13.1. The minimum absolute atomic E-state index is 0.0500. The Hall–Kier alpha value is -2.52. The van der Waals surface area contributed by atoms with Crippen LogP contribution in [0, 0.1) is 5.92 Å². The average molecular weight is 367 g/mol. The number of hydrogen-bond donors (Lipinski definition) is 0. The third-order valence-corrected chi connectivity index (χ3v) is 4.23. The smallest absolute Gasteiger partial charge is 0.374 e. The number of para-hydroxylation sites is 2. The first kappa shape index (κ1) is 20.8. The van der Waals surface area contributed by atoms with Gasteiger partial charge in [0.1, 0.15) is 11.5 Å². The molecule has 0 aliphatic rings. The van der Waals surface area contributed by atoms with Gasteiger partial charge in [0.25, 0.3) is 0 Å². The van der Waals surface area contributed by atoms with E-state index in [1.54, 1.807) is 0 Å². The van der Waals surface area contributed by atoms with E-state index in [4.69, 9.17) is 14.2 Å². The van der Waals surface area contributed by atoms with E-state index in [0.29, 0.717) is 19.4 Å². The van der Waals surface area contributed by atoms with Gasteiger partial charge < -0.3 is 14.2 Å². The summed E-state index contributed by atoms with van der Waals surface area (Å²) in [5.41, 5.74) is 2.08. The van der Waals surface area contributed by atoms with Crippen LogP contribution in [0.25, 0.3) is 0 Å². The number of hydrogen-bond acceptors (Lipinski definition) is 3. The van der Waals surface area contributed by atoms with Crippen molar-refractivity contribution in [1.29, 1.82) is 0 Å². The van der Waals surface area contributed by atoms with E-state index in [1.807, 2.05) is 81.5 Å². The zero-order valence-corrected chi connectivity index (χ0v) is 16.6. The Labute approximate surface area is 163 Å². The Kier molecular flexibility index (Phi) is 7.68. The molecule has 3 heteroatoms. The molecule has 144 valence electrons. The van der Waals surface area contributed by atoms with Crippen molar-refractivity contribution in [3.8, 4) is 11.5 Å².